The molecule has 0 N–H and O–H groups in total. The molecule has 0 unspecified atom stereocenters. The van der Waals surface area contributed by atoms with Gasteiger partial charge in [-0.25, -0.2) is 4.68 Å². The maximum atomic E-state index is 12.9. The highest BCUT2D eigenvalue weighted by Gasteiger charge is 2.27. The number of rotatable bonds is 4. The molecule has 1 atom stereocenters. The number of para-hydroxylation sites is 1. The molecule has 0 spiro atoms. The molecule has 1 aliphatic heterocycles. The van der Waals surface area contributed by atoms with E-state index in [1.807, 2.05) is 41.2 Å². The van der Waals surface area contributed by atoms with Crippen molar-refractivity contribution in [2.24, 2.45) is 0 Å². The fourth-order valence-corrected chi connectivity index (χ4v) is 3.56. The van der Waals surface area contributed by atoms with Gasteiger partial charge in [0.15, 0.2) is 0 Å². The average Bonchev–Trinajstić information content (AvgIpc) is 2.95. The number of carbonyl (C=O) groups is 1. The summed E-state index contributed by atoms with van der Waals surface area (Å²) in [6.45, 7) is 3.68. The summed E-state index contributed by atoms with van der Waals surface area (Å²) in [5.41, 5.74) is 3.31. The van der Waals surface area contributed by atoms with Gasteiger partial charge < -0.3 is 4.90 Å². The molecule has 1 amide bonds. The van der Waals surface area contributed by atoms with Gasteiger partial charge in [-0.15, -0.1) is 0 Å². The second-order valence-corrected chi connectivity index (χ2v) is 7.12. The molecule has 5 nitrogen and oxygen atoms in total. The lowest BCUT2D eigenvalue weighted by atomic mass is 10.1. The Morgan fingerprint density at radius 2 is 2.08 bits per heavy atom. The van der Waals surface area contributed by atoms with Crippen molar-refractivity contribution in [1.82, 2.24) is 19.6 Å². The van der Waals surface area contributed by atoms with E-state index in [2.05, 4.69) is 36.1 Å². The zero-order chi connectivity index (χ0) is 17.8. The Morgan fingerprint density at radius 3 is 2.88 bits per heavy atom. The Morgan fingerprint density at radius 1 is 1.28 bits per heavy atom. The van der Waals surface area contributed by atoms with Crippen molar-refractivity contribution in [3.05, 3.63) is 47.8 Å². The summed E-state index contributed by atoms with van der Waals surface area (Å²) in [6, 6.07) is 8.19. The molecule has 1 saturated heterocycles. The second kappa shape index (κ2) is 7.83. The van der Waals surface area contributed by atoms with Gasteiger partial charge in [0.2, 0.25) is 5.91 Å². The number of nitrogens with zero attached hydrogens (tertiary/aromatic N) is 4. The SMILES string of the molecule is Cc1ccccc1-n1cc(CN(C)C(=O)[C@@H]2CCCCCN2C)cn1. The molecule has 2 heterocycles. The fourth-order valence-electron chi connectivity index (χ4n) is 3.56. The van der Waals surface area contributed by atoms with Gasteiger partial charge in [-0.3, -0.25) is 9.69 Å². The molecule has 25 heavy (non-hydrogen) atoms. The third kappa shape index (κ3) is 4.10. The molecule has 1 fully saturated rings. The maximum Gasteiger partial charge on any atom is 0.239 e. The van der Waals surface area contributed by atoms with Crippen LogP contribution in [0.15, 0.2) is 36.7 Å². The lowest BCUT2D eigenvalue weighted by Gasteiger charge is -2.28. The predicted octanol–water partition coefficient (Wildman–Crippen LogP) is 3.01. The number of aryl methyl sites for hydroxylation is 1. The highest BCUT2D eigenvalue weighted by atomic mass is 16.2. The number of hydrogen-bond acceptors (Lipinski definition) is 3. The number of aromatic nitrogens is 2. The molecular weight excluding hydrogens is 312 g/mol. The van der Waals surface area contributed by atoms with E-state index < -0.39 is 0 Å². The predicted molar refractivity (Wildman–Crippen MR) is 99.7 cm³/mol. The minimum atomic E-state index is 0.0129. The van der Waals surface area contributed by atoms with Crippen LogP contribution in [0.25, 0.3) is 5.69 Å². The number of likely N-dealkylation sites (tertiary alicyclic amines) is 1. The first-order valence-corrected chi connectivity index (χ1v) is 9.11. The Bertz CT molecular complexity index is 724. The van der Waals surface area contributed by atoms with Crippen LogP contribution in [0.5, 0.6) is 0 Å². The van der Waals surface area contributed by atoms with Crippen LogP contribution in [-0.4, -0.2) is 52.2 Å². The molecule has 134 valence electrons. The van der Waals surface area contributed by atoms with Gasteiger partial charge in [-0.05, 0) is 45.0 Å². The molecule has 1 aromatic carbocycles. The summed E-state index contributed by atoms with van der Waals surface area (Å²) in [4.78, 5) is 16.9. The Hall–Kier alpha value is -2.14. The van der Waals surface area contributed by atoms with Crippen molar-refractivity contribution in [1.29, 1.82) is 0 Å². The van der Waals surface area contributed by atoms with Gasteiger partial charge in [0, 0.05) is 25.4 Å². The van der Waals surface area contributed by atoms with Crippen LogP contribution in [0.4, 0.5) is 0 Å². The minimum Gasteiger partial charge on any atom is -0.340 e. The first-order chi connectivity index (χ1) is 12.1. The quantitative estimate of drug-likeness (QED) is 0.859. The van der Waals surface area contributed by atoms with Gasteiger partial charge in [-0.1, -0.05) is 31.0 Å². The molecule has 5 heteroatoms. The van der Waals surface area contributed by atoms with E-state index in [1.54, 1.807) is 0 Å². The van der Waals surface area contributed by atoms with Crippen molar-refractivity contribution in [3.63, 3.8) is 0 Å². The van der Waals surface area contributed by atoms with Crippen molar-refractivity contribution >= 4 is 5.91 Å². The lowest BCUT2D eigenvalue weighted by Crippen LogP contribution is -2.45. The van der Waals surface area contributed by atoms with E-state index in [4.69, 9.17) is 0 Å². The third-order valence-electron chi connectivity index (χ3n) is 5.10. The van der Waals surface area contributed by atoms with E-state index in [-0.39, 0.29) is 11.9 Å². The molecule has 3 rings (SSSR count). The Balaban J connectivity index is 1.68. The molecule has 0 bridgehead atoms. The average molecular weight is 340 g/mol. The summed E-state index contributed by atoms with van der Waals surface area (Å²) in [5.74, 6) is 0.216. The van der Waals surface area contributed by atoms with Crippen molar-refractivity contribution in [2.45, 2.75) is 45.2 Å². The van der Waals surface area contributed by atoms with Crippen LogP contribution in [0, 0.1) is 6.92 Å². The van der Waals surface area contributed by atoms with Crippen molar-refractivity contribution < 1.29 is 4.79 Å². The number of benzene rings is 1. The fraction of sp³-hybridized carbons (Fsp3) is 0.500. The Labute approximate surface area is 150 Å². The summed E-state index contributed by atoms with van der Waals surface area (Å²) in [6.07, 6.45) is 8.38. The first kappa shape index (κ1) is 17.7. The van der Waals surface area contributed by atoms with Crippen LogP contribution < -0.4 is 0 Å². The zero-order valence-corrected chi connectivity index (χ0v) is 15.5. The monoisotopic (exact) mass is 340 g/mol. The van der Waals surface area contributed by atoms with Gasteiger partial charge in [-0.2, -0.15) is 5.10 Å². The van der Waals surface area contributed by atoms with Crippen LogP contribution in [0.3, 0.4) is 0 Å². The lowest BCUT2D eigenvalue weighted by molar-refractivity contribution is -0.135. The van der Waals surface area contributed by atoms with E-state index in [0.717, 1.165) is 30.6 Å². The number of hydrogen-bond donors (Lipinski definition) is 0. The van der Waals surface area contributed by atoms with Crippen LogP contribution in [0.2, 0.25) is 0 Å². The minimum absolute atomic E-state index is 0.0129. The standard InChI is InChI=1S/C20H28N4O/c1-16-9-6-7-10-18(16)24-15-17(13-21-24)14-23(3)20(25)19-11-5-4-8-12-22(19)2/h6-7,9-10,13,15,19H,4-5,8,11-12,14H2,1-3H3/t19-/m0/s1. The molecule has 1 aliphatic rings. The van der Waals surface area contributed by atoms with Crippen LogP contribution in [0.1, 0.15) is 36.8 Å². The van der Waals surface area contributed by atoms with Crippen molar-refractivity contribution in [3.8, 4) is 5.69 Å². The summed E-state index contributed by atoms with van der Waals surface area (Å²) < 4.78 is 1.89. The smallest absolute Gasteiger partial charge is 0.239 e. The van der Waals surface area contributed by atoms with E-state index >= 15 is 0 Å². The molecular formula is C20H28N4O. The summed E-state index contributed by atoms with van der Waals surface area (Å²) in [5, 5.41) is 4.47. The largest absolute Gasteiger partial charge is 0.340 e. The number of amides is 1. The van der Waals surface area contributed by atoms with E-state index in [1.165, 1.54) is 18.4 Å². The van der Waals surface area contributed by atoms with Crippen molar-refractivity contribution in [2.75, 3.05) is 20.6 Å². The highest BCUT2D eigenvalue weighted by Crippen LogP contribution is 2.18. The maximum absolute atomic E-state index is 12.9. The first-order valence-electron chi connectivity index (χ1n) is 9.11. The topological polar surface area (TPSA) is 41.4 Å². The van der Waals surface area contributed by atoms with Gasteiger partial charge in [0.1, 0.15) is 0 Å². The number of carbonyl (C=O) groups excluding carboxylic acids is 1. The van der Waals surface area contributed by atoms with Crippen LogP contribution in [-0.2, 0) is 11.3 Å². The highest BCUT2D eigenvalue weighted by molar-refractivity contribution is 5.81. The van der Waals surface area contributed by atoms with Gasteiger partial charge >= 0.3 is 0 Å². The van der Waals surface area contributed by atoms with Crippen LogP contribution >= 0.6 is 0 Å². The zero-order valence-electron chi connectivity index (χ0n) is 15.5. The van der Waals surface area contributed by atoms with E-state index in [9.17, 15) is 4.79 Å². The summed E-state index contributed by atoms with van der Waals surface area (Å²) in [7, 11) is 3.96. The number of likely N-dealkylation sites (N-methyl/N-ethyl adjacent to an activating group) is 2. The normalized spacial score (nSPS) is 18.8. The summed E-state index contributed by atoms with van der Waals surface area (Å²) >= 11 is 0. The molecule has 1 aromatic heterocycles. The molecule has 0 radical (unpaired) electrons. The van der Waals surface area contributed by atoms with E-state index in [0.29, 0.717) is 6.54 Å². The third-order valence-corrected chi connectivity index (χ3v) is 5.10. The molecule has 0 saturated carbocycles. The molecule has 0 aliphatic carbocycles. The van der Waals surface area contributed by atoms with Gasteiger partial charge in [0.25, 0.3) is 0 Å². The Kier molecular flexibility index (Phi) is 5.53. The molecule has 2 aromatic rings. The second-order valence-electron chi connectivity index (χ2n) is 7.12. The van der Waals surface area contributed by atoms with Gasteiger partial charge in [0.05, 0.1) is 17.9 Å².